The highest BCUT2D eigenvalue weighted by molar-refractivity contribution is 9.10. The molecule has 84 valence electrons. The summed E-state index contributed by atoms with van der Waals surface area (Å²) in [6, 6.07) is 4.09. The van der Waals surface area contributed by atoms with Crippen molar-refractivity contribution in [2.24, 2.45) is 0 Å². The van der Waals surface area contributed by atoms with Crippen LogP contribution < -0.4 is 4.74 Å². The van der Waals surface area contributed by atoms with E-state index in [4.69, 9.17) is 5.26 Å². The number of nitrogens with zero attached hydrogens (tertiary/aromatic N) is 1. The minimum absolute atomic E-state index is 0.00229. The maximum Gasteiger partial charge on any atom is 0.387 e. The topological polar surface area (TPSA) is 50.1 Å². The fraction of sp³-hybridized carbons (Fsp3) is 0.200. The average molecular weight is 290 g/mol. The highest BCUT2D eigenvalue weighted by Crippen LogP contribution is 2.28. The van der Waals surface area contributed by atoms with Crippen LogP contribution in [0, 0.1) is 11.3 Å². The number of halogens is 3. The third kappa shape index (κ3) is 2.76. The number of alkyl halides is 2. The molecule has 0 saturated heterocycles. The first-order valence-electron chi connectivity index (χ1n) is 4.15. The molecule has 0 unspecified atom stereocenters. The summed E-state index contributed by atoms with van der Waals surface area (Å²) >= 11 is 3.03. The van der Waals surface area contributed by atoms with Crippen molar-refractivity contribution in [1.29, 1.82) is 5.26 Å². The van der Waals surface area contributed by atoms with Gasteiger partial charge in [0.2, 0.25) is 0 Å². The van der Waals surface area contributed by atoms with E-state index < -0.39 is 6.61 Å². The van der Waals surface area contributed by atoms with E-state index in [2.05, 4.69) is 20.7 Å². The molecule has 0 radical (unpaired) electrons. The normalized spacial score (nSPS) is 10.0. The van der Waals surface area contributed by atoms with E-state index >= 15 is 0 Å². The van der Waals surface area contributed by atoms with Gasteiger partial charge in [0.1, 0.15) is 11.8 Å². The maximum atomic E-state index is 12.0. The molecule has 0 heterocycles. The first-order valence-corrected chi connectivity index (χ1v) is 4.94. The van der Waals surface area contributed by atoms with E-state index in [1.807, 2.05) is 0 Å². The van der Waals surface area contributed by atoms with Gasteiger partial charge in [0.25, 0.3) is 0 Å². The standard InChI is InChI=1S/C10H6BrF2NO2/c1-5(15)9-6(4-14)2-7(3-8(9)11)16-10(12)13/h2-3,10H,1H3. The number of hydrogen-bond acceptors (Lipinski definition) is 3. The Kier molecular flexibility index (Phi) is 3.96. The fourth-order valence-corrected chi connectivity index (χ4v) is 1.92. The van der Waals surface area contributed by atoms with Crippen LogP contribution in [0.2, 0.25) is 0 Å². The Labute approximate surface area is 98.8 Å². The first-order chi connectivity index (χ1) is 7.45. The Bertz CT molecular complexity index is 469. The number of carbonyl (C=O) groups is 1. The van der Waals surface area contributed by atoms with Crippen LogP contribution in [0.1, 0.15) is 22.8 Å². The van der Waals surface area contributed by atoms with Gasteiger partial charge in [-0.25, -0.2) is 0 Å². The summed E-state index contributed by atoms with van der Waals surface area (Å²) in [7, 11) is 0. The second-order valence-electron chi connectivity index (χ2n) is 2.87. The Morgan fingerprint density at radius 3 is 2.62 bits per heavy atom. The third-order valence-corrected chi connectivity index (χ3v) is 2.39. The minimum atomic E-state index is -2.97. The number of Topliss-reactive ketones (excluding diaryl/α,β-unsaturated/α-hetero) is 1. The zero-order valence-corrected chi connectivity index (χ0v) is 9.72. The van der Waals surface area contributed by atoms with Crippen molar-refractivity contribution in [1.82, 2.24) is 0 Å². The lowest BCUT2D eigenvalue weighted by Gasteiger charge is -2.08. The van der Waals surface area contributed by atoms with Crippen LogP contribution >= 0.6 is 15.9 Å². The monoisotopic (exact) mass is 289 g/mol. The molecule has 0 N–H and O–H groups in total. The summed E-state index contributed by atoms with van der Waals surface area (Å²) in [5.74, 6) is -0.490. The molecule has 6 heteroatoms. The largest absolute Gasteiger partial charge is 0.435 e. The van der Waals surface area contributed by atoms with Gasteiger partial charge >= 0.3 is 6.61 Å². The molecule has 0 aliphatic carbocycles. The van der Waals surface area contributed by atoms with Gasteiger partial charge in [-0.1, -0.05) is 0 Å². The number of benzene rings is 1. The highest BCUT2D eigenvalue weighted by atomic mass is 79.9. The number of nitriles is 1. The van der Waals surface area contributed by atoms with Crippen LogP contribution in [0.15, 0.2) is 16.6 Å². The molecule has 0 aliphatic heterocycles. The van der Waals surface area contributed by atoms with Gasteiger partial charge in [0.05, 0.1) is 5.56 Å². The summed E-state index contributed by atoms with van der Waals surface area (Å²) in [6.07, 6.45) is 0. The Balaban J connectivity index is 3.28. The quantitative estimate of drug-likeness (QED) is 0.804. The first kappa shape index (κ1) is 12.6. The molecule has 0 fully saturated rings. The van der Waals surface area contributed by atoms with Crippen molar-refractivity contribution >= 4 is 21.7 Å². The van der Waals surface area contributed by atoms with Crippen LogP contribution in [0.5, 0.6) is 5.75 Å². The lowest BCUT2D eigenvalue weighted by molar-refractivity contribution is -0.0498. The molecule has 0 saturated carbocycles. The van der Waals surface area contributed by atoms with Crippen molar-refractivity contribution < 1.29 is 18.3 Å². The molecule has 1 rings (SSSR count). The van der Waals surface area contributed by atoms with Gasteiger partial charge < -0.3 is 4.74 Å². The van der Waals surface area contributed by atoms with Crippen molar-refractivity contribution in [3.8, 4) is 11.8 Å². The Morgan fingerprint density at radius 1 is 1.56 bits per heavy atom. The van der Waals surface area contributed by atoms with Crippen LogP contribution in [0.4, 0.5) is 8.78 Å². The van der Waals surface area contributed by atoms with E-state index in [-0.39, 0.29) is 27.1 Å². The van der Waals surface area contributed by atoms with Crippen molar-refractivity contribution in [3.63, 3.8) is 0 Å². The van der Waals surface area contributed by atoms with Crippen LogP contribution in [-0.2, 0) is 0 Å². The van der Waals surface area contributed by atoms with Gasteiger partial charge in [-0.15, -0.1) is 0 Å². The molecule has 0 spiro atoms. The number of rotatable bonds is 3. The molecular weight excluding hydrogens is 284 g/mol. The maximum absolute atomic E-state index is 12.0. The zero-order valence-electron chi connectivity index (χ0n) is 8.13. The SMILES string of the molecule is CC(=O)c1c(Br)cc(OC(F)F)cc1C#N. The lowest BCUT2D eigenvalue weighted by Crippen LogP contribution is -2.04. The smallest absolute Gasteiger partial charge is 0.387 e. The molecular formula is C10H6BrF2NO2. The van der Waals surface area contributed by atoms with E-state index in [0.717, 1.165) is 6.07 Å². The summed E-state index contributed by atoms with van der Waals surface area (Å²) in [6.45, 7) is -1.68. The lowest BCUT2D eigenvalue weighted by atomic mass is 10.1. The predicted molar refractivity (Wildman–Crippen MR) is 55.5 cm³/mol. The van der Waals surface area contributed by atoms with Crippen molar-refractivity contribution in [2.75, 3.05) is 0 Å². The van der Waals surface area contributed by atoms with Gasteiger partial charge in [0, 0.05) is 10.0 Å². The minimum Gasteiger partial charge on any atom is -0.435 e. The number of ketones is 1. The van der Waals surface area contributed by atoms with E-state index in [1.165, 1.54) is 13.0 Å². The molecule has 0 aliphatic rings. The van der Waals surface area contributed by atoms with Gasteiger partial charge in [0.15, 0.2) is 5.78 Å². The molecule has 16 heavy (non-hydrogen) atoms. The average Bonchev–Trinajstić information content (AvgIpc) is 2.14. The second-order valence-corrected chi connectivity index (χ2v) is 3.73. The van der Waals surface area contributed by atoms with Crippen molar-refractivity contribution in [3.05, 3.63) is 27.7 Å². The molecule has 0 aromatic heterocycles. The number of hydrogen-bond donors (Lipinski definition) is 0. The molecule has 0 atom stereocenters. The van der Waals surface area contributed by atoms with E-state index in [0.29, 0.717) is 0 Å². The van der Waals surface area contributed by atoms with Crippen LogP contribution in [-0.4, -0.2) is 12.4 Å². The van der Waals surface area contributed by atoms with Crippen LogP contribution in [0.3, 0.4) is 0 Å². The molecule has 1 aromatic rings. The molecule has 0 bridgehead atoms. The fourth-order valence-electron chi connectivity index (χ4n) is 1.20. The summed E-state index contributed by atoms with van der Waals surface area (Å²) in [5.41, 5.74) is 0.154. The molecule has 1 aromatic carbocycles. The van der Waals surface area contributed by atoms with E-state index in [9.17, 15) is 13.6 Å². The van der Waals surface area contributed by atoms with Gasteiger partial charge in [-0.05, 0) is 35.0 Å². The number of ether oxygens (including phenoxy) is 1. The van der Waals surface area contributed by atoms with E-state index in [1.54, 1.807) is 6.07 Å². The Morgan fingerprint density at radius 2 is 2.19 bits per heavy atom. The van der Waals surface area contributed by atoms with Gasteiger partial charge in [-0.2, -0.15) is 14.0 Å². The second kappa shape index (κ2) is 5.03. The Hall–Kier alpha value is -1.48. The predicted octanol–water partition coefficient (Wildman–Crippen LogP) is 3.12. The summed E-state index contributed by atoms with van der Waals surface area (Å²) in [5, 5.41) is 8.78. The zero-order chi connectivity index (χ0) is 12.3. The highest BCUT2D eigenvalue weighted by Gasteiger charge is 2.15. The molecule has 3 nitrogen and oxygen atoms in total. The summed E-state index contributed by atoms with van der Waals surface area (Å²) < 4.78 is 28.3. The van der Waals surface area contributed by atoms with Crippen molar-refractivity contribution in [2.45, 2.75) is 13.5 Å². The third-order valence-electron chi connectivity index (χ3n) is 1.76. The molecule has 0 amide bonds. The number of carbonyl (C=O) groups excluding carboxylic acids is 1. The summed E-state index contributed by atoms with van der Waals surface area (Å²) in [4.78, 5) is 11.2. The van der Waals surface area contributed by atoms with Crippen LogP contribution in [0.25, 0.3) is 0 Å². The van der Waals surface area contributed by atoms with Gasteiger partial charge in [-0.3, -0.25) is 4.79 Å².